The normalized spacial score (nSPS) is 12.6. The van der Waals surface area contributed by atoms with Gasteiger partial charge in [-0.15, -0.1) is 0 Å². The molecular formula is C13H23N3. The molecule has 1 aromatic heterocycles. The van der Waals surface area contributed by atoms with Crippen molar-refractivity contribution in [2.75, 3.05) is 24.3 Å². The van der Waals surface area contributed by atoms with E-state index in [9.17, 15) is 0 Å². The van der Waals surface area contributed by atoms with Crippen LogP contribution in [0.2, 0.25) is 0 Å². The van der Waals surface area contributed by atoms with Crippen LogP contribution < -0.4 is 10.2 Å². The number of rotatable bonds is 5. The molecule has 3 heteroatoms. The van der Waals surface area contributed by atoms with Gasteiger partial charge in [-0.3, -0.25) is 0 Å². The molecule has 0 radical (unpaired) electrons. The first kappa shape index (κ1) is 12.8. The molecule has 0 saturated heterocycles. The average Bonchev–Trinajstić information content (AvgIpc) is 2.27. The highest BCUT2D eigenvalue weighted by Gasteiger charge is 2.11. The minimum Gasteiger partial charge on any atom is -0.373 e. The number of aromatic nitrogens is 1. The molecule has 0 amide bonds. The summed E-state index contributed by atoms with van der Waals surface area (Å²) in [6.07, 6.45) is 3.05. The van der Waals surface area contributed by atoms with Crippen molar-refractivity contribution in [3.05, 3.63) is 18.3 Å². The van der Waals surface area contributed by atoms with Crippen molar-refractivity contribution in [3.63, 3.8) is 0 Å². The maximum Gasteiger partial charge on any atom is 0.127 e. The van der Waals surface area contributed by atoms with Crippen LogP contribution in [-0.2, 0) is 0 Å². The molecule has 0 aliphatic rings. The molecule has 1 unspecified atom stereocenters. The Kier molecular flexibility index (Phi) is 4.59. The van der Waals surface area contributed by atoms with E-state index >= 15 is 0 Å². The smallest absolute Gasteiger partial charge is 0.127 e. The van der Waals surface area contributed by atoms with Gasteiger partial charge in [-0.05, 0) is 25.3 Å². The number of hydrogen-bond acceptors (Lipinski definition) is 3. The summed E-state index contributed by atoms with van der Waals surface area (Å²) in [5.41, 5.74) is 1.22. The van der Waals surface area contributed by atoms with E-state index in [-0.39, 0.29) is 0 Å². The third-order valence-electron chi connectivity index (χ3n) is 2.88. The van der Waals surface area contributed by atoms with Crippen LogP contribution in [0.4, 0.5) is 11.5 Å². The highest BCUT2D eigenvalue weighted by Crippen LogP contribution is 2.20. The number of nitrogens with zero attached hydrogens (tertiary/aromatic N) is 2. The van der Waals surface area contributed by atoms with E-state index in [1.807, 2.05) is 13.2 Å². The summed E-state index contributed by atoms with van der Waals surface area (Å²) in [6.45, 7) is 6.78. The van der Waals surface area contributed by atoms with Crippen molar-refractivity contribution in [1.29, 1.82) is 0 Å². The predicted octanol–water partition coefficient (Wildman–Crippen LogP) is 2.99. The molecule has 16 heavy (non-hydrogen) atoms. The van der Waals surface area contributed by atoms with Gasteiger partial charge in [-0.25, -0.2) is 4.98 Å². The number of pyridine rings is 1. The van der Waals surface area contributed by atoms with Crippen molar-refractivity contribution < 1.29 is 0 Å². The molecule has 0 saturated carbocycles. The second-order valence-electron chi connectivity index (χ2n) is 4.74. The van der Waals surface area contributed by atoms with Crippen LogP contribution in [0.5, 0.6) is 0 Å². The van der Waals surface area contributed by atoms with E-state index in [0.29, 0.717) is 6.04 Å². The topological polar surface area (TPSA) is 28.2 Å². The zero-order chi connectivity index (χ0) is 12.1. The molecule has 1 N–H and O–H groups in total. The predicted molar refractivity (Wildman–Crippen MR) is 71.1 cm³/mol. The summed E-state index contributed by atoms with van der Waals surface area (Å²) in [7, 11) is 4.03. The minimum atomic E-state index is 0.548. The van der Waals surface area contributed by atoms with Crippen LogP contribution in [0.25, 0.3) is 0 Å². The van der Waals surface area contributed by atoms with E-state index in [0.717, 1.165) is 11.7 Å². The van der Waals surface area contributed by atoms with Gasteiger partial charge in [0.2, 0.25) is 0 Å². The summed E-state index contributed by atoms with van der Waals surface area (Å²) in [5.74, 6) is 1.64. The van der Waals surface area contributed by atoms with Crippen molar-refractivity contribution in [2.45, 2.75) is 33.2 Å². The molecule has 0 bridgehead atoms. The molecule has 0 aliphatic carbocycles. The first-order valence-electron chi connectivity index (χ1n) is 5.91. The number of hydrogen-bond donors (Lipinski definition) is 1. The van der Waals surface area contributed by atoms with Crippen LogP contribution in [0, 0.1) is 5.92 Å². The summed E-state index contributed by atoms with van der Waals surface area (Å²) in [6, 6.07) is 4.68. The Hall–Kier alpha value is -1.25. The molecule has 0 spiro atoms. The lowest BCUT2D eigenvalue weighted by atomic mass is 10.0. The first-order chi connectivity index (χ1) is 7.54. The monoisotopic (exact) mass is 221 g/mol. The highest BCUT2D eigenvalue weighted by atomic mass is 15.1. The molecule has 0 aliphatic heterocycles. The van der Waals surface area contributed by atoms with E-state index in [1.165, 1.54) is 12.1 Å². The van der Waals surface area contributed by atoms with Gasteiger partial charge in [0.15, 0.2) is 0 Å². The molecular weight excluding hydrogens is 198 g/mol. The Morgan fingerprint density at radius 2 is 2.06 bits per heavy atom. The quantitative estimate of drug-likeness (QED) is 0.828. The SMILES string of the molecule is CNc1cc(N(C)C(C)CC(C)C)ccn1. The lowest BCUT2D eigenvalue weighted by molar-refractivity contribution is 0.504. The second-order valence-corrected chi connectivity index (χ2v) is 4.74. The molecule has 0 aromatic carbocycles. The lowest BCUT2D eigenvalue weighted by Crippen LogP contribution is -2.30. The van der Waals surface area contributed by atoms with Crippen LogP contribution in [-0.4, -0.2) is 25.1 Å². The van der Waals surface area contributed by atoms with E-state index in [1.54, 1.807) is 0 Å². The summed E-state index contributed by atoms with van der Waals surface area (Å²) in [5, 5.41) is 3.06. The third-order valence-corrected chi connectivity index (χ3v) is 2.88. The molecule has 1 heterocycles. The number of nitrogens with one attached hydrogen (secondary N) is 1. The average molecular weight is 221 g/mol. The molecule has 1 rings (SSSR count). The molecule has 1 aromatic rings. The van der Waals surface area contributed by atoms with E-state index in [4.69, 9.17) is 0 Å². The first-order valence-corrected chi connectivity index (χ1v) is 5.91. The van der Waals surface area contributed by atoms with Crippen molar-refractivity contribution in [2.24, 2.45) is 5.92 Å². The van der Waals surface area contributed by atoms with E-state index < -0.39 is 0 Å². The Labute approximate surface area is 98.9 Å². The molecule has 1 atom stereocenters. The van der Waals surface area contributed by atoms with Gasteiger partial charge in [-0.2, -0.15) is 0 Å². The summed E-state index contributed by atoms with van der Waals surface area (Å²) in [4.78, 5) is 6.53. The fourth-order valence-corrected chi connectivity index (χ4v) is 1.87. The van der Waals surface area contributed by atoms with Gasteiger partial charge in [0, 0.05) is 38.1 Å². The highest BCUT2D eigenvalue weighted by molar-refractivity contribution is 5.53. The van der Waals surface area contributed by atoms with Gasteiger partial charge >= 0.3 is 0 Å². The van der Waals surface area contributed by atoms with Crippen molar-refractivity contribution in [1.82, 2.24) is 4.98 Å². The van der Waals surface area contributed by atoms with Crippen molar-refractivity contribution in [3.8, 4) is 0 Å². The van der Waals surface area contributed by atoms with Crippen LogP contribution in [0.1, 0.15) is 27.2 Å². The van der Waals surface area contributed by atoms with Gasteiger partial charge in [-0.1, -0.05) is 13.8 Å². The lowest BCUT2D eigenvalue weighted by Gasteiger charge is -2.28. The standard InChI is InChI=1S/C13H23N3/c1-10(2)8-11(3)16(5)12-6-7-15-13(9-12)14-4/h6-7,9-11H,8H2,1-5H3,(H,14,15). The van der Waals surface area contributed by atoms with E-state index in [2.05, 4.69) is 55.2 Å². The molecule has 0 fully saturated rings. The van der Waals surface area contributed by atoms with Gasteiger partial charge in [0.1, 0.15) is 5.82 Å². The molecule has 90 valence electrons. The largest absolute Gasteiger partial charge is 0.373 e. The van der Waals surface area contributed by atoms with Crippen molar-refractivity contribution >= 4 is 11.5 Å². The zero-order valence-corrected chi connectivity index (χ0v) is 11.0. The van der Waals surface area contributed by atoms with Gasteiger partial charge < -0.3 is 10.2 Å². The minimum absolute atomic E-state index is 0.548. The third kappa shape index (κ3) is 3.40. The Morgan fingerprint density at radius 3 is 2.62 bits per heavy atom. The Morgan fingerprint density at radius 1 is 1.38 bits per heavy atom. The fraction of sp³-hybridized carbons (Fsp3) is 0.615. The Bertz CT molecular complexity index is 323. The fourth-order valence-electron chi connectivity index (χ4n) is 1.87. The van der Waals surface area contributed by atoms with Gasteiger partial charge in [0.25, 0.3) is 0 Å². The molecule has 3 nitrogen and oxygen atoms in total. The zero-order valence-electron chi connectivity index (χ0n) is 11.0. The summed E-state index contributed by atoms with van der Waals surface area (Å²) < 4.78 is 0. The second kappa shape index (κ2) is 5.73. The van der Waals surface area contributed by atoms with Crippen LogP contribution in [0.3, 0.4) is 0 Å². The Balaban J connectivity index is 2.74. The van der Waals surface area contributed by atoms with Gasteiger partial charge in [0.05, 0.1) is 0 Å². The maximum absolute atomic E-state index is 4.22. The summed E-state index contributed by atoms with van der Waals surface area (Å²) >= 11 is 0. The number of anilines is 2. The van der Waals surface area contributed by atoms with Crippen LogP contribution in [0.15, 0.2) is 18.3 Å². The van der Waals surface area contributed by atoms with Crippen LogP contribution >= 0.6 is 0 Å². The maximum atomic E-state index is 4.22.